The largest absolute Gasteiger partial charge is 0.480 e. The van der Waals surface area contributed by atoms with E-state index in [0.29, 0.717) is 17.1 Å². The van der Waals surface area contributed by atoms with Crippen molar-refractivity contribution in [1.82, 2.24) is 4.98 Å². The maximum absolute atomic E-state index is 10.9. The molecule has 0 saturated heterocycles. The van der Waals surface area contributed by atoms with Gasteiger partial charge in [-0.05, 0) is 25.1 Å². The normalized spacial score (nSPS) is 10.3. The van der Waals surface area contributed by atoms with Crippen LogP contribution in [0.5, 0.6) is 5.75 Å². The van der Waals surface area contributed by atoms with E-state index in [1.165, 1.54) is 13.2 Å². The van der Waals surface area contributed by atoms with Crippen LogP contribution >= 0.6 is 0 Å². The van der Waals surface area contributed by atoms with Crippen molar-refractivity contribution < 1.29 is 24.2 Å². The fraction of sp³-hybridized carbons (Fsp3) is 0.250. The van der Waals surface area contributed by atoms with Gasteiger partial charge in [0.2, 0.25) is 0 Å². The number of carbonyl (C=O) groups is 2. The molecule has 1 rings (SSSR count). The molecule has 96 valence electrons. The Bertz CT molecular complexity index is 481. The number of nitrogens with zero attached hydrogens (tertiary/aromatic N) is 1. The third kappa shape index (κ3) is 4.25. The second-order valence-electron chi connectivity index (χ2n) is 3.37. The molecule has 0 unspecified atom stereocenters. The standard InChI is InChI=1S/C12H13NO5/c1-8-3-5-10(18-7-12(16)17-2)9(13-8)4-6-11(14)15/h3-6H,7H2,1-2H3,(H,14,15). The summed E-state index contributed by atoms with van der Waals surface area (Å²) < 4.78 is 9.63. The molecule has 0 saturated carbocycles. The lowest BCUT2D eigenvalue weighted by atomic mass is 10.2. The molecule has 0 amide bonds. The maximum atomic E-state index is 10.9. The number of carbonyl (C=O) groups excluding carboxylic acids is 1. The zero-order valence-electron chi connectivity index (χ0n) is 10.0. The van der Waals surface area contributed by atoms with Gasteiger partial charge in [-0.3, -0.25) is 0 Å². The summed E-state index contributed by atoms with van der Waals surface area (Å²) >= 11 is 0. The molecule has 0 aromatic carbocycles. The van der Waals surface area contributed by atoms with Gasteiger partial charge in [-0.15, -0.1) is 0 Å². The van der Waals surface area contributed by atoms with E-state index in [4.69, 9.17) is 9.84 Å². The van der Waals surface area contributed by atoms with Crippen LogP contribution in [-0.4, -0.2) is 35.7 Å². The van der Waals surface area contributed by atoms with Crippen molar-refractivity contribution >= 4 is 18.0 Å². The third-order valence-corrected chi connectivity index (χ3v) is 1.98. The Labute approximate surface area is 104 Å². The second-order valence-corrected chi connectivity index (χ2v) is 3.37. The molecule has 18 heavy (non-hydrogen) atoms. The molecule has 1 aromatic rings. The predicted molar refractivity (Wildman–Crippen MR) is 63.2 cm³/mol. The van der Waals surface area contributed by atoms with Crippen LogP contribution in [-0.2, 0) is 14.3 Å². The molecule has 0 aliphatic carbocycles. The molecule has 0 bridgehead atoms. The monoisotopic (exact) mass is 251 g/mol. The van der Waals surface area contributed by atoms with Crippen molar-refractivity contribution in [3.8, 4) is 5.75 Å². The molecule has 1 aromatic heterocycles. The summed E-state index contributed by atoms with van der Waals surface area (Å²) in [6.07, 6.45) is 2.26. The van der Waals surface area contributed by atoms with E-state index in [-0.39, 0.29) is 6.61 Å². The zero-order chi connectivity index (χ0) is 13.5. The number of pyridine rings is 1. The molecule has 0 aliphatic rings. The topological polar surface area (TPSA) is 85.7 Å². The first-order chi connectivity index (χ1) is 8.52. The van der Waals surface area contributed by atoms with Gasteiger partial charge in [0, 0.05) is 11.8 Å². The average molecular weight is 251 g/mol. The fourth-order valence-corrected chi connectivity index (χ4v) is 1.15. The number of esters is 1. The first-order valence-electron chi connectivity index (χ1n) is 5.11. The van der Waals surface area contributed by atoms with E-state index in [0.717, 1.165) is 6.08 Å². The number of aryl methyl sites for hydroxylation is 1. The third-order valence-electron chi connectivity index (χ3n) is 1.98. The number of carboxylic acid groups (broad SMARTS) is 1. The van der Waals surface area contributed by atoms with Gasteiger partial charge in [-0.2, -0.15) is 0 Å². The lowest BCUT2D eigenvalue weighted by Crippen LogP contribution is -2.13. The molecule has 0 spiro atoms. The average Bonchev–Trinajstić information content (AvgIpc) is 2.34. The van der Waals surface area contributed by atoms with E-state index in [1.807, 2.05) is 0 Å². The molecule has 1 heterocycles. The number of rotatable bonds is 5. The quantitative estimate of drug-likeness (QED) is 0.621. The molecule has 0 atom stereocenters. The van der Waals surface area contributed by atoms with Crippen molar-refractivity contribution in [2.75, 3.05) is 13.7 Å². The number of ether oxygens (including phenoxy) is 2. The smallest absolute Gasteiger partial charge is 0.343 e. The van der Waals surface area contributed by atoms with E-state index in [2.05, 4.69) is 9.72 Å². The van der Waals surface area contributed by atoms with E-state index in [1.54, 1.807) is 19.1 Å². The van der Waals surface area contributed by atoms with Crippen molar-refractivity contribution in [2.45, 2.75) is 6.92 Å². The first kappa shape index (κ1) is 13.7. The number of hydrogen-bond acceptors (Lipinski definition) is 5. The Morgan fingerprint density at radius 1 is 1.44 bits per heavy atom. The molecule has 6 nitrogen and oxygen atoms in total. The van der Waals surface area contributed by atoms with Crippen LogP contribution in [0, 0.1) is 6.92 Å². The molecule has 0 aliphatic heterocycles. The Hall–Kier alpha value is -2.37. The van der Waals surface area contributed by atoms with Crippen molar-refractivity contribution in [3.63, 3.8) is 0 Å². The maximum Gasteiger partial charge on any atom is 0.343 e. The van der Waals surface area contributed by atoms with E-state index >= 15 is 0 Å². The molecular formula is C12H13NO5. The van der Waals surface area contributed by atoms with Gasteiger partial charge in [0.25, 0.3) is 0 Å². The summed E-state index contributed by atoms with van der Waals surface area (Å²) in [6.45, 7) is 1.51. The minimum absolute atomic E-state index is 0.255. The SMILES string of the molecule is COC(=O)COc1ccc(C)nc1C=CC(=O)O. The summed E-state index contributed by atoms with van der Waals surface area (Å²) in [4.78, 5) is 25.5. The van der Waals surface area contributed by atoms with Gasteiger partial charge in [0.1, 0.15) is 11.4 Å². The zero-order valence-corrected chi connectivity index (χ0v) is 10.0. The van der Waals surface area contributed by atoms with Crippen molar-refractivity contribution in [1.29, 1.82) is 0 Å². The summed E-state index contributed by atoms with van der Waals surface area (Å²) in [5.74, 6) is -1.29. The summed E-state index contributed by atoms with van der Waals surface area (Å²) in [5, 5.41) is 8.56. The lowest BCUT2D eigenvalue weighted by molar-refractivity contribution is -0.143. The van der Waals surface area contributed by atoms with Crippen molar-refractivity contribution in [3.05, 3.63) is 29.6 Å². The van der Waals surface area contributed by atoms with Crippen LogP contribution < -0.4 is 4.74 Å². The summed E-state index contributed by atoms with van der Waals surface area (Å²) in [7, 11) is 1.25. The number of aliphatic carboxylic acids is 1. The number of carboxylic acids is 1. The van der Waals surface area contributed by atoms with Crippen LogP contribution in [0.15, 0.2) is 18.2 Å². The van der Waals surface area contributed by atoms with Crippen molar-refractivity contribution in [2.24, 2.45) is 0 Å². The van der Waals surface area contributed by atoms with Crippen LogP contribution in [0.25, 0.3) is 6.08 Å². The van der Waals surface area contributed by atoms with Gasteiger partial charge < -0.3 is 14.6 Å². The van der Waals surface area contributed by atoms with Crippen LogP contribution in [0.2, 0.25) is 0 Å². The van der Waals surface area contributed by atoms with Crippen LogP contribution in [0.4, 0.5) is 0 Å². The van der Waals surface area contributed by atoms with Gasteiger partial charge in [-0.25, -0.2) is 14.6 Å². The number of methoxy groups -OCH3 is 1. The van der Waals surface area contributed by atoms with E-state index in [9.17, 15) is 9.59 Å². The predicted octanol–water partition coefficient (Wildman–Crippen LogP) is 1.04. The highest BCUT2D eigenvalue weighted by Crippen LogP contribution is 2.18. The molecular weight excluding hydrogens is 238 g/mol. The number of hydrogen-bond donors (Lipinski definition) is 1. The number of aromatic nitrogens is 1. The van der Waals surface area contributed by atoms with Gasteiger partial charge >= 0.3 is 11.9 Å². The molecule has 0 radical (unpaired) electrons. The van der Waals surface area contributed by atoms with Gasteiger partial charge in [-0.1, -0.05) is 0 Å². The van der Waals surface area contributed by atoms with Crippen LogP contribution in [0.1, 0.15) is 11.4 Å². The van der Waals surface area contributed by atoms with Crippen LogP contribution in [0.3, 0.4) is 0 Å². The molecule has 1 N–H and O–H groups in total. The highest BCUT2D eigenvalue weighted by atomic mass is 16.6. The summed E-state index contributed by atoms with van der Waals surface area (Å²) in [5.41, 5.74) is 1.06. The van der Waals surface area contributed by atoms with Gasteiger partial charge in [0.05, 0.1) is 7.11 Å². The molecule has 0 fully saturated rings. The summed E-state index contributed by atoms with van der Waals surface area (Å²) in [6, 6.07) is 3.32. The highest BCUT2D eigenvalue weighted by Gasteiger charge is 2.07. The minimum Gasteiger partial charge on any atom is -0.480 e. The Morgan fingerprint density at radius 3 is 2.78 bits per heavy atom. The molecule has 6 heteroatoms. The lowest BCUT2D eigenvalue weighted by Gasteiger charge is -2.07. The first-order valence-corrected chi connectivity index (χ1v) is 5.11. The van der Waals surface area contributed by atoms with E-state index < -0.39 is 11.9 Å². The highest BCUT2D eigenvalue weighted by molar-refractivity contribution is 5.85. The van der Waals surface area contributed by atoms with Gasteiger partial charge in [0.15, 0.2) is 6.61 Å². The minimum atomic E-state index is -1.09. The second kappa shape index (κ2) is 6.39. The Kier molecular flexibility index (Phi) is 4.86. The fourth-order valence-electron chi connectivity index (χ4n) is 1.15. The Morgan fingerprint density at radius 2 is 2.17 bits per heavy atom. The Balaban J connectivity index is 2.89.